The average molecular weight is 591 g/mol. The van der Waals surface area contributed by atoms with Gasteiger partial charge >= 0.3 is 0 Å². The van der Waals surface area contributed by atoms with Crippen LogP contribution in [0.3, 0.4) is 0 Å². The molecule has 4 rings (SSSR count). The number of ether oxygens (including phenoxy) is 2. The third-order valence-electron chi connectivity index (χ3n) is 6.09. The molecular weight excluding hydrogens is 564 g/mol. The zero-order valence-electron chi connectivity index (χ0n) is 22.3. The first-order chi connectivity index (χ1) is 19.7. The van der Waals surface area contributed by atoms with E-state index in [-0.39, 0.29) is 32.2 Å². The lowest BCUT2D eigenvalue weighted by Crippen LogP contribution is -2.20. The molecule has 2 aromatic carbocycles. The summed E-state index contributed by atoms with van der Waals surface area (Å²) in [6.45, 7) is 1.23. The number of H-pyrrole nitrogens is 2. The molecule has 0 unspecified atom stereocenters. The van der Waals surface area contributed by atoms with E-state index < -0.39 is 17.7 Å². The van der Waals surface area contributed by atoms with Gasteiger partial charge in [0.2, 0.25) is 5.88 Å². The van der Waals surface area contributed by atoms with E-state index in [2.05, 4.69) is 15.7 Å². The molecule has 0 radical (unpaired) electrons. The Morgan fingerprint density at radius 2 is 1.46 bits per heavy atom. The maximum absolute atomic E-state index is 12.8. The molecule has 0 saturated carbocycles. The highest BCUT2D eigenvalue weighted by Gasteiger charge is 2.14. The summed E-state index contributed by atoms with van der Waals surface area (Å²) in [6, 6.07) is 13.9. The minimum atomic E-state index is -0.602. The number of rotatable bonds is 8. The molecule has 0 amide bonds. The highest BCUT2D eigenvalue weighted by molar-refractivity contribution is 7.71. The van der Waals surface area contributed by atoms with Crippen LogP contribution in [0.4, 0.5) is 0 Å². The van der Waals surface area contributed by atoms with Crippen LogP contribution in [0.2, 0.25) is 0 Å². The molecule has 0 bridgehead atoms. The molecule has 10 nitrogen and oxygen atoms in total. The van der Waals surface area contributed by atoms with Crippen LogP contribution in [0.1, 0.15) is 23.7 Å². The number of aromatic amines is 2. The second-order valence-electron chi connectivity index (χ2n) is 8.65. The van der Waals surface area contributed by atoms with Crippen LogP contribution in [-0.2, 0) is 6.61 Å². The molecule has 0 spiro atoms. The fourth-order valence-electron chi connectivity index (χ4n) is 4.05. The Balaban J connectivity index is 1.78. The number of benzene rings is 2. The highest BCUT2D eigenvalue weighted by atomic mass is 32.1. The van der Waals surface area contributed by atoms with Crippen molar-refractivity contribution in [2.45, 2.75) is 13.5 Å². The zero-order valence-corrected chi connectivity index (χ0v) is 23.9. The van der Waals surface area contributed by atoms with Gasteiger partial charge in [0.25, 0.3) is 11.1 Å². The van der Waals surface area contributed by atoms with E-state index in [1.807, 2.05) is 0 Å². The zero-order chi connectivity index (χ0) is 29.7. The van der Waals surface area contributed by atoms with Crippen molar-refractivity contribution in [1.82, 2.24) is 19.1 Å². The number of methoxy groups -OCH3 is 2. The van der Waals surface area contributed by atoms with Crippen LogP contribution in [0.15, 0.2) is 75.5 Å². The topological polar surface area (TPSA) is 134 Å². The van der Waals surface area contributed by atoms with Crippen molar-refractivity contribution < 1.29 is 19.7 Å². The van der Waals surface area contributed by atoms with Gasteiger partial charge in [-0.05, 0) is 73.4 Å². The van der Waals surface area contributed by atoms with Crippen molar-refractivity contribution in [2.24, 2.45) is 0 Å². The predicted molar refractivity (Wildman–Crippen MR) is 161 cm³/mol. The quantitative estimate of drug-likeness (QED) is 0.133. The van der Waals surface area contributed by atoms with Gasteiger partial charge in [0.05, 0.1) is 43.5 Å². The van der Waals surface area contributed by atoms with Crippen molar-refractivity contribution in [3.05, 3.63) is 113 Å². The second kappa shape index (κ2) is 12.6. The number of aliphatic hydroxyl groups is 1. The van der Waals surface area contributed by atoms with Crippen LogP contribution in [0.5, 0.6) is 17.4 Å². The van der Waals surface area contributed by atoms with Crippen LogP contribution in [-0.4, -0.2) is 43.5 Å². The SMILES string of the molecule is COc1cccc(-n2c(O)c(C=C=C(C)C=Cc3c(CO)n(-c4cccc(OC)c4)c(=S)[nH]c3=O)c(=O)[nH]c2=S)c1. The first-order valence-corrected chi connectivity index (χ1v) is 13.0. The van der Waals surface area contributed by atoms with Crippen LogP contribution in [0, 0.1) is 9.54 Å². The van der Waals surface area contributed by atoms with Crippen LogP contribution < -0.4 is 20.6 Å². The molecule has 0 fully saturated rings. The van der Waals surface area contributed by atoms with Gasteiger partial charge in [0, 0.05) is 12.1 Å². The Kier molecular flexibility index (Phi) is 9.00. The number of nitrogens with one attached hydrogen (secondary N) is 2. The van der Waals surface area contributed by atoms with Gasteiger partial charge < -0.3 is 19.7 Å². The summed E-state index contributed by atoms with van der Waals surface area (Å²) in [5.41, 5.74) is 3.82. The van der Waals surface area contributed by atoms with E-state index in [1.54, 1.807) is 66.1 Å². The molecule has 12 heteroatoms. The van der Waals surface area contributed by atoms with Gasteiger partial charge in [-0.15, -0.1) is 5.73 Å². The molecule has 2 aromatic heterocycles. The van der Waals surface area contributed by atoms with Gasteiger partial charge in [-0.3, -0.25) is 28.7 Å². The largest absolute Gasteiger partial charge is 0.497 e. The third kappa shape index (κ3) is 6.21. The lowest BCUT2D eigenvalue weighted by atomic mass is 10.1. The lowest BCUT2D eigenvalue weighted by molar-refractivity contribution is 0.272. The molecule has 0 aliphatic carbocycles. The van der Waals surface area contributed by atoms with Crippen LogP contribution in [0.25, 0.3) is 23.5 Å². The molecule has 0 aliphatic rings. The van der Waals surface area contributed by atoms with E-state index >= 15 is 0 Å². The summed E-state index contributed by atoms with van der Waals surface area (Å²) >= 11 is 10.6. The maximum Gasteiger partial charge on any atom is 0.263 e. The van der Waals surface area contributed by atoms with E-state index in [1.165, 1.54) is 30.9 Å². The van der Waals surface area contributed by atoms with Gasteiger partial charge in [0.1, 0.15) is 17.1 Å². The van der Waals surface area contributed by atoms with Crippen molar-refractivity contribution in [2.75, 3.05) is 14.2 Å². The van der Waals surface area contributed by atoms with Crippen LogP contribution >= 0.6 is 24.4 Å². The summed E-state index contributed by atoms with van der Waals surface area (Å²) in [5, 5.41) is 21.1. The number of aliphatic hydroxyl groups excluding tert-OH is 1. The first-order valence-electron chi connectivity index (χ1n) is 12.2. The van der Waals surface area contributed by atoms with Gasteiger partial charge in [-0.1, -0.05) is 18.2 Å². The second-order valence-corrected chi connectivity index (χ2v) is 9.43. The predicted octanol–water partition coefficient (Wildman–Crippen LogP) is 4.59. The minimum Gasteiger partial charge on any atom is -0.497 e. The number of nitrogens with zero attached hydrogens (tertiary/aromatic N) is 2. The van der Waals surface area contributed by atoms with Gasteiger partial charge in [-0.2, -0.15) is 0 Å². The number of hydrogen-bond donors (Lipinski definition) is 4. The molecule has 41 heavy (non-hydrogen) atoms. The molecular formula is C29H26N4O6S2. The summed E-state index contributed by atoms with van der Waals surface area (Å²) < 4.78 is 13.5. The lowest BCUT2D eigenvalue weighted by Gasteiger charge is -2.15. The molecule has 0 aliphatic heterocycles. The monoisotopic (exact) mass is 590 g/mol. The summed E-state index contributed by atoms with van der Waals surface area (Å²) in [6.07, 6.45) is 4.42. The smallest absolute Gasteiger partial charge is 0.263 e. The maximum atomic E-state index is 12.8. The van der Waals surface area contributed by atoms with E-state index in [9.17, 15) is 19.8 Å². The highest BCUT2D eigenvalue weighted by Crippen LogP contribution is 2.24. The van der Waals surface area contributed by atoms with E-state index in [0.717, 1.165) is 0 Å². The Labute approximate surface area is 244 Å². The summed E-state index contributed by atoms with van der Waals surface area (Å²) in [4.78, 5) is 30.6. The molecule has 4 aromatic rings. The standard InChI is InChI=1S/C29H26N4O6S2/c1-17(11-13-23-26(36)31-29(41)33(27(23)37)19-7-5-9-21(15-19)39-3)10-12-22-24(16-34)32(28(40)30-25(22)35)18-6-4-8-20(14-18)38-2/h4-10,12-15,34,37H,16H2,1-3H3,(H,30,35,40)(H,31,36,41). The molecule has 0 atom stereocenters. The molecule has 0 saturated heterocycles. The van der Waals surface area contributed by atoms with E-state index in [0.29, 0.717) is 28.4 Å². The molecule has 2 heterocycles. The average Bonchev–Trinajstić information content (AvgIpc) is 2.96. The fraction of sp³-hybridized carbons (Fsp3) is 0.138. The third-order valence-corrected chi connectivity index (χ3v) is 6.66. The Morgan fingerprint density at radius 1 is 0.927 bits per heavy atom. The Morgan fingerprint density at radius 3 is 2.02 bits per heavy atom. The minimum absolute atomic E-state index is 0.00351. The number of aromatic hydroxyl groups is 1. The number of allylic oxidation sites excluding steroid dienone is 2. The molecule has 210 valence electrons. The normalized spacial score (nSPS) is 10.8. The summed E-state index contributed by atoms with van der Waals surface area (Å²) in [5.74, 6) is 0.744. The van der Waals surface area contributed by atoms with E-state index in [4.69, 9.17) is 33.9 Å². The fourth-order valence-corrected chi connectivity index (χ4v) is 4.64. The van der Waals surface area contributed by atoms with Crippen molar-refractivity contribution in [3.63, 3.8) is 0 Å². The first kappa shape index (κ1) is 29.2. The Hall–Kier alpha value is -4.74. The Bertz CT molecular complexity index is 1960. The van der Waals surface area contributed by atoms with Gasteiger partial charge in [0.15, 0.2) is 9.54 Å². The molecule has 4 N–H and O–H groups in total. The van der Waals surface area contributed by atoms with Crippen molar-refractivity contribution in [1.29, 1.82) is 0 Å². The summed E-state index contributed by atoms with van der Waals surface area (Å²) in [7, 11) is 3.05. The number of hydrogen-bond acceptors (Lipinski definition) is 8. The van der Waals surface area contributed by atoms with Crippen molar-refractivity contribution >= 4 is 36.6 Å². The number of aromatic nitrogens is 4. The van der Waals surface area contributed by atoms with Crippen molar-refractivity contribution in [3.8, 4) is 28.8 Å². The van der Waals surface area contributed by atoms with Gasteiger partial charge in [-0.25, -0.2) is 0 Å².